The van der Waals surface area contributed by atoms with Gasteiger partial charge in [0.2, 0.25) is 5.82 Å². The number of halogens is 1. The molecule has 3 aromatic rings. The van der Waals surface area contributed by atoms with Crippen LogP contribution in [0.4, 0.5) is 0 Å². The Labute approximate surface area is 156 Å². The van der Waals surface area contributed by atoms with Crippen molar-refractivity contribution in [3.63, 3.8) is 0 Å². The van der Waals surface area contributed by atoms with Gasteiger partial charge in [0.1, 0.15) is 0 Å². The van der Waals surface area contributed by atoms with Crippen LogP contribution in [0, 0.1) is 0 Å². The Hall–Kier alpha value is -2.66. The van der Waals surface area contributed by atoms with Crippen molar-refractivity contribution in [3.05, 3.63) is 59.1 Å². The molecule has 1 aliphatic rings. The van der Waals surface area contributed by atoms with Crippen LogP contribution < -0.4 is 0 Å². The molecule has 1 fully saturated rings. The molecule has 26 heavy (non-hydrogen) atoms. The number of benzene rings is 2. The second-order valence-electron chi connectivity index (χ2n) is 6.33. The Morgan fingerprint density at radius 3 is 2.50 bits per heavy atom. The van der Waals surface area contributed by atoms with E-state index in [4.69, 9.17) is 16.1 Å². The fourth-order valence-electron chi connectivity index (χ4n) is 3.17. The minimum absolute atomic E-state index is 0.0199. The molecule has 6 heteroatoms. The lowest BCUT2D eigenvalue weighted by Gasteiger charge is -2.27. The average Bonchev–Trinajstić information content (AvgIpc) is 3.19. The number of hydrogen-bond acceptors (Lipinski definition) is 4. The summed E-state index contributed by atoms with van der Waals surface area (Å²) in [5.41, 5.74) is 2.07. The number of carbonyl (C=O) groups is 1. The van der Waals surface area contributed by atoms with Gasteiger partial charge in [-0.25, -0.2) is 0 Å². The number of carbonyl (C=O) groups excluding carboxylic acids is 1. The third-order valence-electron chi connectivity index (χ3n) is 4.56. The maximum atomic E-state index is 12.9. The van der Waals surface area contributed by atoms with E-state index in [0.717, 1.165) is 31.5 Å². The Balaban J connectivity index is 1.66. The first-order valence-corrected chi connectivity index (χ1v) is 9.08. The van der Waals surface area contributed by atoms with Crippen molar-refractivity contribution in [3.8, 4) is 22.8 Å². The first kappa shape index (κ1) is 16.8. The predicted molar refractivity (Wildman–Crippen MR) is 99.9 cm³/mol. The molecule has 0 radical (unpaired) electrons. The Bertz CT molecular complexity index is 915. The van der Waals surface area contributed by atoms with Gasteiger partial charge in [0.05, 0.1) is 11.1 Å². The monoisotopic (exact) mass is 367 g/mol. The summed E-state index contributed by atoms with van der Waals surface area (Å²) in [6, 6.07) is 14.6. The number of nitrogens with zero attached hydrogens (tertiary/aromatic N) is 3. The summed E-state index contributed by atoms with van der Waals surface area (Å²) >= 11 is 5.92. The molecule has 0 unspecified atom stereocenters. The molecule has 0 N–H and O–H groups in total. The molecule has 1 aromatic heterocycles. The highest BCUT2D eigenvalue weighted by Gasteiger charge is 2.23. The van der Waals surface area contributed by atoms with Gasteiger partial charge in [-0.2, -0.15) is 4.98 Å². The second kappa shape index (κ2) is 7.30. The van der Waals surface area contributed by atoms with Gasteiger partial charge in [-0.3, -0.25) is 4.79 Å². The zero-order valence-corrected chi connectivity index (χ0v) is 14.9. The van der Waals surface area contributed by atoms with Crippen molar-refractivity contribution in [1.29, 1.82) is 0 Å². The highest BCUT2D eigenvalue weighted by Crippen LogP contribution is 2.27. The lowest BCUT2D eigenvalue weighted by Crippen LogP contribution is -2.35. The van der Waals surface area contributed by atoms with Gasteiger partial charge in [0.15, 0.2) is 0 Å². The van der Waals surface area contributed by atoms with Crippen LogP contribution in [0.25, 0.3) is 22.8 Å². The molecule has 0 saturated carbocycles. The lowest BCUT2D eigenvalue weighted by atomic mass is 10.0. The van der Waals surface area contributed by atoms with Gasteiger partial charge in [0, 0.05) is 23.7 Å². The van der Waals surface area contributed by atoms with Crippen LogP contribution in [-0.2, 0) is 0 Å². The van der Waals surface area contributed by atoms with E-state index in [2.05, 4.69) is 10.1 Å². The summed E-state index contributed by atoms with van der Waals surface area (Å²) in [7, 11) is 0. The normalized spacial score (nSPS) is 14.4. The lowest BCUT2D eigenvalue weighted by molar-refractivity contribution is 0.0725. The molecule has 1 saturated heterocycles. The van der Waals surface area contributed by atoms with Crippen LogP contribution >= 0.6 is 11.6 Å². The minimum atomic E-state index is 0.0199. The van der Waals surface area contributed by atoms with Gasteiger partial charge < -0.3 is 9.42 Å². The van der Waals surface area contributed by atoms with Crippen LogP contribution in [0.3, 0.4) is 0 Å². The zero-order chi connectivity index (χ0) is 17.9. The van der Waals surface area contributed by atoms with Gasteiger partial charge in [-0.05, 0) is 55.7 Å². The highest BCUT2D eigenvalue weighted by atomic mass is 35.5. The van der Waals surface area contributed by atoms with Gasteiger partial charge in [-0.15, -0.1) is 0 Å². The smallest absolute Gasteiger partial charge is 0.259 e. The molecular formula is C20H18ClN3O2. The Kier molecular flexibility index (Phi) is 4.71. The van der Waals surface area contributed by atoms with E-state index in [1.54, 1.807) is 12.1 Å². The molecule has 0 atom stereocenters. The molecule has 5 nitrogen and oxygen atoms in total. The van der Waals surface area contributed by atoms with Gasteiger partial charge in [0.25, 0.3) is 11.8 Å². The summed E-state index contributed by atoms with van der Waals surface area (Å²) in [6.07, 6.45) is 3.28. The van der Waals surface area contributed by atoms with Crippen molar-refractivity contribution < 1.29 is 9.32 Å². The first-order chi connectivity index (χ1) is 12.7. The maximum Gasteiger partial charge on any atom is 0.259 e. The number of aromatic nitrogens is 2. The van der Waals surface area contributed by atoms with E-state index in [9.17, 15) is 4.79 Å². The zero-order valence-electron chi connectivity index (χ0n) is 14.2. The fourth-order valence-corrected chi connectivity index (χ4v) is 3.30. The number of amides is 1. The third kappa shape index (κ3) is 3.35. The van der Waals surface area contributed by atoms with Gasteiger partial charge >= 0.3 is 0 Å². The number of likely N-dealkylation sites (tertiary alicyclic amines) is 1. The molecule has 4 rings (SSSR count). The van der Waals surface area contributed by atoms with Crippen LogP contribution in [0.15, 0.2) is 53.1 Å². The van der Waals surface area contributed by atoms with Crippen molar-refractivity contribution in [1.82, 2.24) is 15.0 Å². The Morgan fingerprint density at radius 1 is 1.00 bits per heavy atom. The van der Waals surface area contributed by atoms with E-state index in [0.29, 0.717) is 27.9 Å². The molecule has 132 valence electrons. The highest BCUT2D eigenvalue weighted by molar-refractivity contribution is 6.30. The molecular weight excluding hydrogens is 350 g/mol. The summed E-state index contributed by atoms with van der Waals surface area (Å²) in [5, 5.41) is 4.70. The standard InChI is InChI=1S/C20H18ClN3O2/c21-15-10-8-14(9-11-15)18-22-19(26-23-18)16-6-2-3-7-17(16)20(25)24-12-4-1-5-13-24/h2-3,6-11H,1,4-5,12-13H2. The van der Waals surface area contributed by atoms with E-state index >= 15 is 0 Å². The van der Waals surface area contributed by atoms with Gasteiger partial charge in [-0.1, -0.05) is 28.9 Å². The summed E-state index contributed by atoms with van der Waals surface area (Å²) in [4.78, 5) is 19.3. The first-order valence-electron chi connectivity index (χ1n) is 8.71. The quantitative estimate of drug-likeness (QED) is 0.674. The maximum absolute atomic E-state index is 12.9. The molecule has 0 bridgehead atoms. The molecule has 0 aliphatic carbocycles. The van der Waals surface area contributed by atoms with E-state index in [-0.39, 0.29) is 5.91 Å². The fraction of sp³-hybridized carbons (Fsp3) is 0.250. The number of piperidine rings is 1. The molecule has 2 heterocycles. The largest absolute Gasteiger partial charge is 0.339 e. The van der Waals surface area contributed by atoms with E-state index < -0.39 is 0 Å². The third-order valence-corrected chi connectivity index (χ3v) is 4.81. The molecule has 1 amide bonds. The number of hydrogen-bond donors (Lipinski definition) is 0. The number of rotatable bonds is 3. The average molecular weight is 368 g/mol. The van der Waals surface area contributed by atoms with Crippen LogP contribution in [-0.4, -0.2) is 34.0 Å². The molecule has 2 aromatic carbocycles. The Morgan fingerprint density at radius 2 is 1.73 bits per heavy atom. The van der Waals surface area contributed by atoms with Crippen LogP contribution in [0.1, 0.15) is 29.6 Å². The molecule has 1 aliphatic heterocycles. The van der Waals surface area contributed by atoms with Crippen molar-refractivity contribution in [2.45, 2.75) is 19.3 Å². The topological polar surface area (TPSA) is 59.2 Å². The van der Waals surface area contributed by atoms with Crippen LogP contribution in [0.2, 0.25) is 5.02 Å². The van der Waals surface area contributed by atoms with Crippen molar-refractivity contribution in [2.75, 3.05) is 13.1 Å². The minimum Gasteiger partial charge on any atom is -0.339 e. The van der Waals surface area contributed by atoms with E-state index in [1.807, 2.05) is 41.3 Å². The molecule has 0 spiro atoms. The van der Waals surface area contributed by atoms with Crippen molar-refractivity contribution >= 4 is 17.5 Å². The second-order valence-corrected chi connectivity index (χ2v) is 6.76. The predicted octanol–water partition coefficient (Wildman–Crippen LogP) is 4.68. The van der Waals surface area contributed by atoms with E-state index in [1.165, 1.54) is 6.42 Å². The summed E-state index contributed by atoms with van der Waals surface area (Å²) in [6.45, 7) is 1.60. The van der Waals surface area contributed by atoms with Crippen LogP contribution in [0.5, 0.6) is 0 Å². The summed E-state index contributed by atoms with van der Waals surface area (Å²) < 4.78 is 5.45. The summed E-state index contributed by atoms with van der Waals surface area (Å²) in [5.74, 6) is 0.833. The SMILES string of the molecule is O=C(c1ccccc1-c1nc(-c2ccc(Cl)cc2)no1)N1CCCCC1. The van der Waals surface area contributed by atoms with Crippen molar-refractivity contribution in [2.24, 2.45) is 0 Å².